The van der Waals surface area contributed by atoms with Crippen LogP contribution in [0.1, 0.15) is 29.6 Å². The van der Waals surface area contributed by atoms with E-state index in [9.17, 15) is 4.79 Å². The van der Waals surface area contributed by atoms with Crippen molar-refractivity contribution in [2.75, 3.05) is 44.2 Å². The number of benzene rings is 2. The third kappa shape index (κ3) is 6.13. The van der Waals surface area contributed by atoms with Crippen LogP contribution in [0, 0.1) is 0 Å². The number of hydrogen-bond donors (Lipinski definition) is 1. The number of nitrogens with one attached hydrogen (secondary N) is 1. The average Bonchev–Trinajstić information content (AvgIpc) is 2.72. The fourth-order valence-electron chi connectivity index (χ4n) is 3.46. The number of nitrogens with zero attached hydrogens (tertiary/aromatic N) is 2. The largest absolute Gasteiger partial charge is 0.368 e. The minimum atomic E-state index is -0.0349. The second kappa shape index (κ2) is 10.7. The maximum absolute atomic E-state index is 12.0. The summed E-state index contributed by atoms with van der Waals surface area (Å²) in [5.74, 6) is -0.0349. The van der Waals surface area contributed by atoms with Crippen LogP contribution in [0.15, 0.2) is 48.5 Å². The molecule has 1 saturated heterocycles. The van der Waals surface area contributed by atoms with Crippen molar-refractivity contribution in [3.63, 3.8) is 0 Å². The lowest BCUT2D eigenvalue weighted by Gasteiger charge is -2.36. The SMILES string of the molecule is O=C(NCCCCCN1CCN(c2ccccc2Cl)CC1)c1ccc(Cl)cc1. The Morgan fingerprint density at radius 3 is 2.32 bits per heavy atom. The highest BCUT2D eigenvalue weighted by molar-refractivity contribution is 6.33. The maximum atomic E-state index is 12.0. The van der Waals surface area contributed by atoms with Crippen LogP contribution in [0.25, 0.3) is 0 Å². The van der Waals surface area contributed by atoms with Gasteiger partial charge in [-0.1, -0.05) is 41.8 Å². The van der Waals surface area contributed by atoms with Gasteiger partial charge in [0, 0.05) is 43.3 Å². The van der Waals surface area contributed by atoms with Crippen LogP contribution in [-0.4, -0.2) is 50.1 Å². The average molecular weight is 420 g/mol. The number of anilines is 1. The second-order valence-corrected chi connectivity index (χ2v) is 7.95. The molecule has 4 nitrogen and oxygen atoms in total. The molecular formula is C22H27Cl2N3O. The minimum Gasteiger partial charge on any atom is -0.368 e. The van der Waals surface area contributed by atoms with Gasteiger partial charge in [0.1, 0.15) is 0 Å². The molecule has 150 valence electrons. The molecule has 6 heteroatoms. The van der Waals surface area contributed by atoms with Crippen molar-refractivity contribution < 1.29 is 4.79 Å². The third-order valence-corrected chi connectivity index (χ3v) is 5.68. The first kappa shape index (κ1) is 21.0. The Bertz CT molecular complexity index is 759. The van der Waals surface area contributed by atoms with Crippen molar-refractivity contribution >= 4 is 34.8 Å². The lowest BCUT2D eigenvalue weighted by molar-refractivity contribution is 0.0953. The molecule has 0 aliphatic carbocycles. The molecule has 0 aromatic heterocycles. The molecule has 0 unspecified atom stereocenters. The highest BCUT2D eigenvalue weighted by Gasteiger charge is 2.18. The molecule has 1 aliphatic rings. The molecule has 2 aromatic carbocycles. The molecule has 0 radical (unpaired) electrons. The van der Waals surface area contributed by atoms with E-state index in [0.717, 1.165) is 62.7 Å². The maximum Gasteiger partial charge on any atom is 0.251 e. The van der Waals surface area contributed by atoms with Gasteiger partial charge in [-0.25, -0.2) is 0 Å². The van der Waals surface area contributed by atoms with Gasteiger partial charge in [0.25, 0.3) is 5.91 Å². The van der Waals surface area contributed by atoms with E-state index in [1.165, 1.54) is 0 Å². The summed E-state index contributed by atoms with van der Waals surface area (Å²) in [5.41, 5.74) is 1.79. The zero-order valence-corrected chi connectivity index (χ0v) is 17.6. The summed E-state index contributed by atoms with van der Waals surface area (Å²) in [6.45, 7) is 5.99. The van der Waals surface area contributed by atoms with Crippen molar-refractivity contribution in [3.8, 4) is 0 Å². The number of carbonyl (C=O) groups excluding carboxylic acids is 1. The van der Waals surface area contributed by atoms with Crippen molar-refractivity contribution in [1.82, 2.24) is 10.2 Å². The van der Waals surface area contributed by atoms with Gasteiger partial charge >= 0.3 is 0 Å². The predicted octanol–water partition coefficient (Wildman–Crippen LogP) is 4.72. The van der Waals surface area contributed by atoms with Gasteiger partial charge in [0.05, 0.1) is 10.7 Å². The van der Waals surface area contributed by atoms with Gasteiger partial charge in [-0.3, -0.25) is 9.69 Å². The van der Waals surface area contributed by atoms with Gasteiger partial charge in [-0.15, -0.1) is 0 Å². The summed E-state index contributed by atoms with van der Waals surface area (Å²) in [6.07, 6.45) is 3.27. The molecule has 3 rings (SSSR count). The number of para-hydroxylation sites is 1. The second-order valence-electron chi connectivity index (χ2n) is 7.10. The van der Waals surface area contributed by atoms with E-state index in [1.807, 2.05) is 18.2 Å². The molecular weight excluding hydrogens is 393 g/mol. The smallest absolute Gasteiger partial charge is 0.251 e. The Kier molecular flexibility index (Phi) is 8.01. The van der Waals surface area contributed by atoms with Crippen molar-refractivity contribution in [1.29, 1.82) is 0 Å². The standard InChI is InChI=1S/C22H27Cl2N3O/c23-19-10-8-18(9-11-19)22(28)25-12-4-1-5-13-26-14-16-27(17-15-26)21-7-3-2-6-20(21)24/h2-3,6-11H,1,4-5,12-17H2,(H,25,28). The zero-order chi connectivity index (χ0) is 19.8. The summed E-state index contributed by atoms with van der Waals surface area (Å²) >= 11 is 12.1. The predicted molar refractivity (Wildman–Crippen MR) is 118 cm³/mol. The van der Waals surface area contributed by atoms with Gasteiger partial charge in [-0.2, -0.15) is 0 Å². The van der Waals surface area contributed by atoms with Gasteiger partial charge in [0.15, 0.2) is 0 Å². The van der Waals surface area contributed by atoms with Crippen LogP contribution < -0.4 is 10.2 Å². The Morgan fingerprint density at radius 2 is 1.61 bits per heavy atom. The zero-order valence-electron chi connectivity index (χ0n) is 16.0. The Morgan fingerprint density at radius 1 is 0.893 bits per heavy atom. The summed E-state index contributed by atoms with van der Waals surface area (Å²) in [5, 5.41) is 4.44. The van der Waals surface area contributed by atoms with Crippen LogP contribution in [0.5, 0.6) is 0 Å². The number of hydrogen-bond acceptors (Lipinski definition) is 3. The number of piperazine rings is 1. The molecule has 1 fully saturated rings. The number of amides is 1. The fraction of sp³-hybridized carbons (Fsp3) is 0.409. The van der Waals surface area contributed by atoms with Crippen molar-refractivity contribution in [2.45, 2.75) is 19.3 Å². The highest BCUT2D eigenvalue weighted by atomic mass is 35.5. The van der Waals surface area contributed by atoms with Gasteiger partial charge < -0.3 is 10.2 Å². The van der Waals surface area contributed by atoms with E-state index in [0.29, 0.717) is 17.1 Å². The van der Waals surface area contributed by atoms with Crippen LogP contribution in [0.2, 0.25) is 10.0 Å². The van der Waals surface area contributed by atoms with E-state index in [2.05, 4.69) is 21.2 Å². The van der Waals surface area contributed by atoms with E-state index < -0.39 is 0 Å². The molecule has 0 bridgehead atoms. The molecule has 28 heavy (non-hydrogen) atoms. The molecule has 0 atom stereocenters. The van der Waals surface area contributed by atoms with Crippen molar-refractivity contribution in [3.05, 3.63) is 64.1 Å². The first-order valence-electron chi connectivity index (χ1n) is 9.89. The summed E-state index contributed by atoms with van der Waals surface area (Å²) in [4.78, 5) is 16.9. The Labute approximate surface area is 177 Å². The monoisotopic (exact) mass is 419 g/mol. The molecule has 0 spiro atoms. The first-order chi connectivity index (χ1) is 13.6. The lowest BCUT2D eigenvalue weighted by atomic mass is 10.2. The van der Waals surface area contributed by atoms with Gasteiger partial charge in [-0.05, 0) is 55.8 Å². The van der Waals surface area contributed by atoms with E-state index in [1.54, 1.807) is 24.3 Å². The fourth-order valence-corrected chi connectivity index (χ4v) is 3.84. The summed E-state index contributed by atoms with van der Waals surface area (Å²) < 4.78 is 0. The quantitative estimate of drug-likeness (QED) is 0.628. The highest BCUT2D eigenvalue weighted by Crippen LogP contribution is 2.26. The van der Waals surface area contributed by atoms with Crippen LogP contribution in [-0.2, 0) is 0 Å². The summed E-state index contributed by atoms with van der Waals surface area (Å²) in [7, 11) is 0. The van der Waals surface area contributed by atoms with Crippen LogP contribution in [0.4, 0.5) is 5.69 Å². The Hall–Kier alpha value is -1.75. The van der Waals surface area contributed by atoms with E-state index in [4.69, 9.17) is 23.2 Å². The van der Waals surface area contributed by atoms with Gasteiger partial charge in [0.2, 0.25) is 0 Å². The topological polar surface area (TPSA) is 35.6 Å². The minimum absolute atomic E-state index is 0.0349. The molecule has 1 heterocycles. The molecule has 1 aliphatic heterocycles. The van der Waals surface area contributed by atoms with E-state index in [-0.39, 0.29) is 5.91 Å². The third-order valence-electron chi connectivity index (χ3n) is 5.11. The Balaban J connectivity index is 1.27. The number of unbranched alkanes of at least 4 members (excludes halogenated alkanes) is 2. The number of rotatable bonds is 8. The molecule has 2 aromatic rings. The van der Waals surface area contributed by atoms with Crippen molar-refractivity contribution in [2.24, 2.45) is 0 Å². The lowest BCUT2D eigenvalue weighted by Crippen LogP contribution is -2.46. The number of halogens is 2. The molecule has 1 N–H and O–H groups in total. The number of carbonyl (C=O) groups is 1. The summed E-state index contributed by atoms with van der Waals surface area (Å²) in [6, 6.07) is 15.0. The van der Waals surface area contributed by atoms with Crippen LogP contribution >= 0.6 is 23.2 Å². The van der Waals surface area contributed by atoms with Crippen LogP contribution in [0.3, 0.4) is 0 Å². The molecule has 0 saturated carbocycles. The normalized spacial score (nSPS) is 14.9. The molecule has 1 amide bonds. The van der Waals surface area contributed by atoms with E-state index >= 15 is 0 Å². The first-order valence-corrected chi connectivity index (χ1v) is 10.6.